The number of alkyl halides is 3. The van der Waals surface area contributed by atoms with Gasteiger partial charge in [0.05, 0.1) is 12.1 Å². The van der Waals surface area contributed by atoms with Crippen LogP contribution in [0.5, 0.6) is 0 Å². The first-order chi connectivity index (χ1) is 14.5. The van der Waals surface area contributed by atoms with Crippen LogP contribution < -0.4 is 10.7 Å². The molecule has 0 radical (unpaired) electrons. The lowest BCUT2D eigenvalue weighted by molar-refractivity contribution is -0.139. The Morgan fingerprint density at radius 1 is 1.16 bits per heavy atom. The smallest absolute Gasteiger partial charge is 0.322 e. The molecule has 2 aliphatic heterocycles. The molecule has 0 aliphatic carbocycles. The molecule has 31 heavy (non-hydrogen) atoms. The van der Waals surface area contributed by atoms with Crippen molar-refractivity contribution in [2.45, 2.75) is 38.5 Å². The fourth-order valence-corrected chi connectivity index (χ4v) is 3.60. The van der Waals surface area contributed by atoms with Crippen molar-refractivity contribution in [3.8, 4) is 0 Å². The highest BCUT2D eigenvalue weighted by Gasteiger charge is 2.47. The van der Waals surface area contributed by atoms with E-state index in [4.69, 9.17) is 0 Å². The molecule has 2 fully saturated rings. The molecule has 8 nitrogen and oxygen atoms in total. The summed E-state index contributed by atoms with van der Waals surface area (Å²) in [6.07, 6.45) is -3.97. The third-order valence-corrected chi connectivity index (χ3v) is 5.70. The van der Waals surface area contributed by atoms with Gasteiger partial charge in [0.15, 0.2) is 0 Å². The van der Waals surface area contributed by atoms with Gasteiger partial charge in [0, 0.05) is 32.7 Å². The van der Waals surface area contributed by atoms with Crippen LogP contribution in [0.2, 0.25) is 0 Å². The van der Waals surface area contributed by atoms with Gasteiger partial charge in [0.25, 0.3) is 11.8 Å². The summed E-state index contributed by atoms with van der Waals surface area (Å²) < 4.78 is 38.6. The molecule has 2 heterocycles. The summed E-state index contributed by atoms with van der Waals surface area (Å²) in [5, 5.41) is 3.28. The molecule has 2 aliphatic rings. The first-order valence-corrected chi connectivity index (χ1v) is 10.1. The van der Waals surface area contributed by atoms with Crippen molar-refractivity contribution in [2.24, 2.45) is 0 Å². The third-order valence-electron chi connectivity index (χ3n) is 5.70. The van der Waals surface area contributed by atoms with Gasteiger partial charge >= 0.3 is 12.2 Å². The molecule has 2 saturated heterocycles. The molecule has 0 aromatic heterocycles. The van der Waals surface area contributed by atoms with E-state index in [9.17, 15) is 27.6 Å². The summed E-state index contributed by atoms with van der Waals surface area (Å²) in [6, 6.07) is 4.61. The van der Waals surface area contributed by atoms with Crippen molar-refractivity contribution in [3.63, 3.8) is 0 Å². The maximum atomic E-state index is 12.9. The second kappa shape index (κ2) is 8.83. The van der Waals surface area contributed by atoms with Gasteiger partial charge in [-0.15, -0.1) is 0 Å². The highest BCUT2D eigenvalue weighted by molar-refractivity contribution is 6.07. The fourth-order valence-electron chi connectivity index (χ4n) is 3.60. The quantitative estimate of drug-likeness (QED) is 0.655. The maximum Gasteiger partial charge on any atom is 0.416 e. The number of nitrogens with zero attached hydrogens (tertiary/aromatic N) is 3. The lowest BCUT2D eigenvalue weighted by Gasteiger charge is -2.34. The van der Waals surface area contributed by atoms with Gasteiger partial charge in [0.2, 0.25) is 0 Å². The Kier molecular flexibility index (Phi) is 6.56. The lowest BCUT2D eigenvalue weighted by Crippen LogP contribution is -2.53. The minimum Gasteiger partial charge on any atom is -0.322 e. The number of piperazine rings is 1. The topological polar surface area (TPSA) is 85.0 Å². The summed E-state index contributed by atoms with van der Waals surface area (Å²) in [6.45, 7) is 6.02. The number of rotatable bonds is 6. The number of hydrogen-bond donors (Lipinski definition) is 2. The molecular formula is C20H26F3N5O3. The zero-order valence-corrected chi connectivity index (χ0v) is 17.5. The molecule has 2 N–H and O–H groups in total. The van der Waals surface area contributed by atoms with Crippen molar-refractivity contribution in [1.29, 1.82) is 0 Å². The molecule has 11 heteroatoms. The Balaban J connectivity index is 1.47. The van der Waals surface area contributed by atoms with E-state index in [1.807, 2.05) is 9.80 Å². The number of urea groups is 1. The summed E-state index contributed by atoms with van der Waals surface area (Å²) >= 11 is 0. The number of halogens is 3. The van der Waals surface area contributed by atoms with Crippen molar-refractivity contribution in [3.05, 3.63) is 35.4 Å². The minimum absolute atomic E-state index is 0.0112. The monoisotopic (exact) mass is 441 g/mol. The van der Waals surface area contributed by atoms with Gasteiger partial charge in [-0.3, -0.25) is 24.8 Å². The number of hydrazine groups is 1. The molecule has 1 aromatic carbocycles. The molecule has 0 spiro atoms. The molecule has 0 saturated carbocycles. The van der Waals surface area contributed by atoms with E-state index in [1.54, 1.807) is 19.9 Å². The van der Waals surface area contributed by atoms with Crippen LogP contribution in [0.1, 0.15) is 31.4 Å². The molecule has 170 valence electrons. The second-order valence-electron chi connectivity index (χ2n) is 8.04. The van der Waals surface area contributed by atoms with Crippen LogP contribution in [-0.4, -0.2) is 70.9 Å². The molecular weight excluding hydrogens is 415 g/mol. The minimum atomic E-state index is -4.37. The third kappa shape index (κ3) is 5.34. The molecule has 1 unspecified atom stereocenters. The predicted molar refractivity (Wildman–Crippen MR) is 105 cm³/mol. The van der Waals surface area contributed by atoms with Crippen LogP contribution in [-0.2, 0) is 22.3 Å². The number of imide groups is 1. The normalized spacial score (nSPS) is 23.2. The first kappa shape index (κ1) is 23.0. The molecule has 4 amide bonds. The van der Waals surface area contributed by atoms with Crippen LogP contribution in [0.4, 0.5) is 18.0 Å². The van der Waals surface area contributed by atoms with Crippen LogP contribution >= 0.6 is 0 Å². The standard InChI is InChI=1S/C20H26F3N5O3/c1-3-19(2)17(30)28(18(31)24-19)25-16(29)13-27-9-7-26(8-10-27)12-14-5-4-6-15(11-14)20(21,22)23/h4-6,11H,3,7-10,12-13H2,1-2H3,(H,24,31)(H,25,29). The number of amides is 4. The average molecular weight is 441 g/mol. The van der Waals surface area contributed by atoms with E-state index in [1.165, 1.54) is 6.07 Å². The number of carbonyl (C=O) groups excluding carboxylic acids is 3. The van der Waals surface area contributed by atoms with Crippen LogP contribution in [0.3, 0.4) is 0 Å². The highest BCUT2D eigenvalue weighted by Crippen LogP contribution is 2.29. The Morgan fingerprint density at radius 2 is 1.81 bits per heavy atom. The molecule has 0 bridgehead atoms. The fraction of sp³-hybridized carbons (Fsp3) is 0.550. The van der Waals surface area contributed by atoms with Crippen molar-refractivity contribution in [1.82, 2.24) is 25.6 Å². The van der Waals surface area contributed by atoms with Crippen molar-refractivity contribution >= 4 is 17.8 Å². The van der Waals surface area contributed by atoms with E-state index in [0.717, 1.165) is 17.1 Å². The lowest BCUT2D eigenvalue weighted by atomic mass is 10.00. The van der Waals surface area contributed by atoms with E-state index >= 15 is 0 Å². The molecule has 1 atom stereocenters. The largest absolute Gasteiger partial charge is 0.416 e. The highest BCUT2D eigenvalue weighted by atomic mass is 19.4. The van der Waals surface area contributed by atoms with Gasteiger partial charge in [-0.05, 0) is 25.0 Å². The average Bonchev–Trinajstić information content (AvgIpc) is 2.93. The molecule has 1 aromatic rings. The zero-order chi connectivity index (χ0) is 22.8. The Hall–Kier alpha value is -2.66. The first-order valence-electron chi connectivity index (χ1n) is 10.1. The van der Waals surface area contributed by atoms with E-state index in [-0.39, 0.29) is 6.54 Å². The summed E-state index contributed by atoms with van der Waals surface area (Å²) in [5.41, 5.74) is 1.24. The number of nitrogens with one attached hydrogen (secondary N) is 2. The second-order valence-corrected chi connectivity index (χ2v) is 8.04. The summed E-state index contributed by atoms with van der Waals surface area (Å²) in [4.78, 5) is 40.5. The van der Waals surface area contributed by atoms with E-state index in [0.29, 0.717) is 44.7 Å². The molecule has 3 rings (SSSR count). The van der Waals surface area contributed by atoms with Crippen molar-refractivity contribution < 1.29 is 27.6 Å². The Labute approximate surface area is 178 Å². The van der Waals surface area contributed by atoms with Gasteiger partial charge in [-0.2, -0.15) is 18.2 Å². The van der Waals surface area contributed by atoms with Crippen LogP contribution in [0, 0.1) is 0 Å². The number of benzene rings is 1. The van der Waals surface area contributed by atoms with Gasteiger partial charge in [0.1, 0.15) is 5.54 Å². The Morgan fingerprint density at radius 3 is 2.39 bits per heavy atom. The number of carbonyl (C=O) groups is 3. The predicted octanol–water partition coefficient (Wildman–Crippen LogP) is 1.57. The number of hydrogen-bond acceptors (Lipinski definition) is 5. The summed E-state index contributed by atoms with van der Waals surface area (Å²) in [5.74, 6) is -0.977. The Bertz CT molecular complexity index is 855. The van der Waals surface area contributed by atoms with Crippen LogP contribution in [0.25, 0.3) is 0 Å². The van der Waals surface area contributed by atoms with Gasteiger partial charge in [-0.1, -0.05) is 25.1 Å². The van der Waals surface area contributed by atoms with Crippen molar-refractivity contribution in [2.75, 3.05) is 32.7 Å². The summed E-state index contributed by atoms with van der Waals surface area (Å²) in [7, 11) is 0. The van der Waals surface area contributed by atoms with Gasteiger partial charge in [-0.25, -0.2) is 4.79 Å². The maximum absolute atomic E-state index is 12.9. The van der Waals surface area contributed by atoms with E-state index in [2.05, 4.69) is 10.7 Å². The van der Waals surface area contributed by atoms with Gasteiger partial charge < -0.3 is 5.32 Å². The SMILES string of the molecule is CCC1(C)NC(=O)N(NC(=O)CN2CCN(Cc3cccc(C(F)(F)F)c3)CC2)C1=O. The van der Waals surface area contributed by atoms with Crippen LogP contribution in [0.15, 0.2) is 24.3 Å². The zero-order valence-electron chi connectivity index (χ0n) is 17.5. The van der Waals surface area contributed by atoms with E-state index < -0.39 is 35.1 Å².